The van der Waals surface area contributed by atoms with Crippen LogP contribution in [-0.2, 0) is 21.8 Å². The highest BCUT2D eigenvalue weighted by Gasteiger charge is 2.20. The zero-order valence-corrected chi connectivity index (χ0v) is 11.3. The molecule has 1 rings (SSSR count). The van der Waals surface area contributed by atoms with Crippen LogP contribution in [0.4, 0.5) is 0 Å². The molecule has 8 heteroatoms. The SMILES string of the molecule is COCC(CCCl)NS(=O)(=O)c1cnn(C)c1. The number of ether oxygens (including phenoxy) is 1. The molecule has 0 bridgehead atoms. The molecule has 1 atom stereocenters. The lowest BCUT2D eigenvalue weighted by molar-refractivity contribution is 0.173. The predicted molar refractivity (Wildman–Crippen MR) is 64.5 cm³/mol. The van der Waals surface area contributed by atoms with Crippen molar-refractivity contribution >= 4 is 21.6 Å². The van der Waals surface area contributed by atoms with E-state index in [9.17, 15) is 8.42 Å². The summed E-state index contributed by atoms with van der Waals surface area (Å²) in [5.41, 5.74) is 0. The molecule has 98 valence electrons. The summed E-state index contributed by atoms with van der Waals surface area (Å²) < 4.78 is 32.8. The van der Waals surface area contributed by atoms with Crippen LogP contribution in [0.15, 0.2) is 17.3 Å². The molecule has 1 aromatic heterocycles. The number of nitrogens with one attached hydrogen (secondary N) is 1. The van der Waals surface area contributed by atoms with Gasteiger partial charge < -0.3 is 4.74 Å². The monoisotopic (exact) mass is 281 g/mol. The fourth-order valence-electron chi connectivity index (χ4n) is 1.33. The van der Waals surface area contributed by atoms with Crippen molar-refractivity contribution in [3.05, 3.63) is 12.4 Å². The normalized spacial score (nSPS) is 13.8. The Morgan fingerprint density at radius 2 is 2.35 bits per heavy atom. The van der Waals surface area contributed by atoms with E-state index in [2.05, 4.69) is 9.82 Å². The first-order chi connectivity index (χ1) is 7.99. The Balaban J connectivity index is 2.77. The number of hydrogen-bond acceptors (Lipinski definition) is 4. The summed E-state index contributed by atoms with van der Waals surface area (Å²) in [4.78, 5) is 0.135. The van der Waals surface area contributed by atoms with Crippen molar-refractivity contribution < 1.29 is 13.2 Å². The molecule has 0 amide bonds. The molecule has 17 heavy (non-hydrogen) atoms. The van der Waals surface area contributed by atoms with E-state index in [1.165, 1.54) is 24.2 Å². The molecule has 1 unspecified atom stereocenters. The third kappa shape index (κ3) is 4.27. The molecule has 0 aliphatic carbocycles. The lowest BCUT2D eigenvalue weighted by Crippen LogP contribution is -2.38. The number of rotatable bonds is 7. The first kappa shape index (κ1) is 14.4. The van der Waals surface area contributed by atoms with E-state index < -0.39 is 10.0 Å². The van der Waals surface area contributed by atoms with Crippen molar-refractivity contribution in [3.8, 4) is 0 Å². The number of aromatic nitrogens is 2. The number of hydrogen-bond donors (Lipinski definition) is 1. The van der Waals surface area contributed by atoms with Crippen LogP contribution in [0.5, 0.6) is 0 Å². The second-order valence-corrected chi connectivity index (χ2v) is 5.69. The van der Waals surface area contributed by atoms with Crippen molar-refractivity contribution in [2.75, 3.05) is 19.6 Å². The third-order valence-corrected chi connectivity index (χ3v) is 3.83. The van der Waals surface area contributed by atoms with E-state index in [1.54, 1.807) is 7.05 Å². The quantitative estimate of drug-likeness (QED) is 0.732. The lowest BCUT2D eigenvalue weighted by atomic mass is 10.3. The van der Waals surface area contributed by atoms with Gasteiger partial charge in [0, 0.05) is 32.3 Å². The Kier molecular flexibility index (Phi) is 5.38. The summed E-state index contributed by atoms with van der Waals surface area (Å²) in [6.07, 6.45) is 3.24. The van der Waals surface area contributed by atoms with E-state index in [4.69, 9.17) is 16.3 Å². The van der Waals surface area contributed by atoms with Gasteiger partial charge >= 0.3 is 0 Å². The Bertz CT molecular complexity index is 440. The maximum absolute atomic E-state index is 11.9. The van der Waals surface area contributed by atoms with Gasteiger partial charge in [-0.1, -0.05) is 0 Å². The molecule has 1 N–H and O–H groups in total. The van der Waals surface area contributed by atoms with Crippen LogP contribution in [0.2, 0.25) is 0 Å². The fraction of sp³-hybridized carbons (Fsp3) is 0.667. The number of aryl methyl sites for hydroxylation is 1. The van der Waals surface area contributed by atoms with Crippen molar-refractivity contribution in [1.29, 1.82) is 0 Å². The molecule has 0 radical (unpaired) electrons. The highest BCUT2D eigenvalue weighted by molar-refractivity contribution is 7.89. The minimum absolute atomic E-state index is 0.135. The Hall–Kier alpha value is -0.630. The average molecular weight is 282 g/mol. The zero-order valence-electron chi connectivity index (χ0n) is 9.76. The summed E-state index contributed by atoms with van der Waals surface area (Å²) in [5, 5.41) is 3.82. The van der Waals surface area contributed by atoms with Crippen LogP contribution in [0.1, 0.15) is 6.42 Å². The third-order valence-electron chi connectivity index (χ3n) is 2.14. The van der Waals surface area contributed by atoms with Gasteiger partial charge in [0.2, 0.25) is 10.0 Å². The summed E-state index contributed by atoms with van der Waals surface area (Å²) in [6.45, 7) is 0.284. The molecular weight excluding hydrogens is 266 g/mol. The largest absolute Gasteiger partial charge is 0.383 e. The number of halogens is 1. The van der Waals surface area contributed by atoms with Gasteiger partial charge in [0.1, 0.15) is 4.90 Å². The molecule has 1 heterocycles. The molecule has 0 aliphatic heterocycles. The van der Waals surface area contributed by atoms with Gasteiger partial charge in [-0.15, -0.1) is 11.6 Å². The smallest absolute Gasteiger partial charge is 0.244 e. The molecule has 0 aliphatic rings. The predicted octanol–water partition coefficient (Wildman–Crippen LogP) is 0.342. The summed E-state index contributed by atoms with van der Waals surface area (Å²) in [5.74, 6) is 0.365. The maximum Gasteiger partial charge on any atom is 0.244 e. The minimum Gasteiger partial charge on any atom is -0.383 e. The minimum atomic E-state index is -3.56. The van der Waals surface area contributed by atoms with Gasteiger partial charge in [-0.3, -0.25) is 4.68 Å². The lowest BCUT2D eigenvalue weighted by Gasteiger charge is -2.15. The Labute approximate surface area is 106 Å². The maximum atomic E-state index is 11.9. The van der Waals surface area contributed by atoms with Gasteiger partial charge in [-0.2, -0.15) is 5.10 Å². The number of alkyl halides is 1. The van der Waals surface area contributed by atoms with Gasteiger partial charge in [0.05, 0.1) is 12.8 Å². The number of sulfonamides is 1. The average Bonchev–Trinajstić information content (AvgIpc) is 2.66. The van der Waals surface area contributed by atoms with Gasteiger partial charge in [-0.25, -0.2) is 13.1 Å². The molecule has 0 fully saturated rings. The van der Waals surface area contributed by atoms with E-state index in [0.29, 0.717) is 12.3 Å². The molecule has 0 aromatic carbocycles. The number of methoxy groups -OCH3 is 1. The molecule has 1 aromatic rings. The highest BCUT2D eigenvalue weighted by atomic mass is 35.5. The molecular formula is C9H16ClN3O3S. The van der Waals surface area contributed by atoms with Crippen molar-refractivity contribution in [2.24, 2.45) is 7.05 Å². The van der Waals surface area contributed by atoms with E-state index in [1.807, 2.05) is 0 Å². The van der Waals surface area contributed by atoms with Gasteiger partial charge in [-0.05, 0) is 6.42 Å². The first-order valence-corrected chi connectivity index (χ1v) is 7.07. The Morgan fingerprint density at radius 1 is 1.65 bits per heavy atom. The second-order valence-electron chi connectivity index (χ2n) is 3.60. The van der Waals surface area contributed by atoms with Crippen LogP contribution >= 0.6 is 11.6 Å². The van der Waals surface area contributed by atoms with Crippen LogP contribution in [0.3, 0.4) is 0 Å². The first-order valence-electron chi connectivity index (χ1n) is 5.05. The van der Waals surface area contributed by atoms with Crippen LogP contribution < -0.4 is 4.72 Å². The van der Waals surface area contributed by atoms with Crippen molar-refractivity contribution in [3.63, 3.8) is 0 Å². The van der Waals surface area contributed by atoms with Crippen molar-refractivity contribution in [2.45, 2.75) is 17.4 Å². The van der Waals surface area contributed by atoms with E-state index >= 15 is 0 Å². The van der Waals surface area contributed by atoms with Crippen LogP contribution in [0, 0.1) is 0 Å². The number of nitrogens with zero attached hydrogens (tertiary/aromatic N) is 2. The molecule has 6 nitrogen and oxygen atoms in total. The molecule has 0 saturated carbocycles. The summed E-state index contributed by atoms with van der Waals surface area (Å²) >= 11 is 5.60. The van der Waals surface area contributed by atoms with E-state index in [-0.39, 0.29) is 17.5 Å². The molecule has 0 spiro atoms. The summed E-state index contributed by atoms with van der Waals surface area (Å²) in [7, 11) is -0.384. The van der Waals surface area contributed by atoms with Gasteiger partial charge in [0.15, 0.2) is 0 Å². The summed E-state index contributed by atoms with van der Waals surface area (Å²) in [6, 6.07) is -0.331. The van der Waals surface area contributed by atoms with Crippen LogP contribution in [0.25, 0.3) is 0 Å². The second kappa shape index (κ2) is 6.34. The Morgan fingerprint density at radius 3 is 2.82 bits per heavy atom. The topological polar surface area (TPSA) is 73.2 Å². The van der Waals surface area contributed by atoms with Gasteiger partial charge in [0.25, 0.3) is 0 Å². The van der Waals surface area contributed by atoms with Crippen LogP contribution in [-0.4, -0.2) is 43.8 Å². The molecule has 0 saturated heterocycles. The standard InChI is InChI=1S/C9H16ClN3O3S/c1-13-6-9(5-11-13)17(14,15)12-8(3-4-10)7-16-2/h5-6,8,12H,3-4,7H2,1-2H3. The van der Waals surface area contributed by atoms with Crippen molar-refractivity contribution in [1.82, 2.24) is 14.5 Å². The van der Waals surface area contributed by atoms with E-state index in [0.717, 1.165) is 0 Å². The zero-order chi connectivity index (χ0) is 12.9. The fourth-order valence-corrected chi connectivity index (χ4v) is 2.84. The highest BCUT2D eigenvalue weighted by Crippen LogP contribution is 2.08.